The minimum absolute atomic E-state index is 0.0219. The molecule has 0 aliphatic heterocycles. The van der Waals surface area contributed by atoms with E-state index in [0.717, 1.165) is 43.0 Å². The van der Waals surface area contributed by atoms with Gasteiger partial charge in [-0.1, -0.05) is 90.9 Å². The predicted molar refractivity (Wildman–Crippen MR) is 149 cm³/mol. The number of hydrogen-bond donors (Lipinski definition) is 0. The number of para-hydroxylation sites is 1. The monoisotopic (exact) mass is 453 g/mol. The quantitative estimate of drug-likeness (QED) is 0.218. The summed E-state index contributed by atoms with van der Waals surface area (Å²) in [5, 5.41) is 8.40. The van der Waals surface area contributed by atoms with Crippen LogP contribution in [0.4, 0.5) is 0 Å². The van der Waals surface area contributed by atoms with Gasteiger partial charge in [-0.15, -0.1) is 11.3 Å². The van der Waals surface area contributed by atoms with Crippen molar-refractivity contribution in [1.82, 2.24) is 4.57 Å². The fourth-order valence-corrected chi connectivity index (χ4v) is 6.70. The topological polar surface area (TPSA) is 4.93 Å². The lowest BCUT2D eigenvalue weighted by Crippen LogP contribution is -1.94. The summed E-state index contributed by atoms with van der Waals surface area (Å²) in [6.45, 7) is 0. The van der Waals surface area contributed by atoms with Crippen molar-refractivity contribution < 1.29 is 5.48 Å². The Morgan fingerprint density at radius 3 is 2.06 bits per heavy atom. The van der Waals surface area contributed by atoms with Crippen LogP contribution in [0.25, 0.3) is 69.2 Å². The molecule has 0 bridgehead atoms. The van der Waals surface area contributed by atoms with Gasteiger partial charge >= 0.3 is 0 Å². The maximum absolute atomic E-state index is 8.68. The van der Waals surface area contributed by atoms with Crippen molar-refractivity contribution in [1.29, 1.82) is 0 Å². The van der Waals surface area contributed by atoms with Crippen LogP contribution in [0.5, 0.6) is 0 Å². The van der Waals surface area contributed by atoms with E-state index >= 15 is 0 Å². The third-order valence-electron chi connectivity index (χ3n) is 6.90. The van der Waals surface area contributed by atoms with Gasteiger partial charge in [-0.2, -0.15) is 0 Å². The van der Waals surface area contributed by atoms with Gasteiger partial charge in [0.25, 0.3) is 0 Å². The first-order chi connectivity index (χ1) is 18.6. The van der Waals surface area contributed by atoms with E-state index in [9.17, 15) is 0 Å². The number of rotatable bonds is 1. The van der Waals surface area contributed by atoms with Crippen LogP contribution in [0, 0.1) is 0 Å². The van der Waals surface area contributed by atoms with Crippen molar-refractivity contribution in [3.8, 4) is 5.69 Å². The molecule has 0 atom stereocenters. The first kappa shape index (κ1) is 14.9. The molecule has 0 amide bonds. The van der Waals surface area contributed by atoms with E-state index in [4.69, 9.17) is 5.48 Å². The van der Waals surface area contributed by atoms with Gasteiger partial charge in [0.2, 0.25) is 0 Å². The van der Waals surface area contributed by atoms with Crippen LogP contribution in [0.3, 0.4) is 0 Å². The molecule has 158 valence electrons. The van der Waals surface area contributed by atoms with Crippen LogP contribution in [0.1, 0.15) is 5.48 Å². The molecule has 34 heavy (non-hydrogen) atoms. The third kappa shape index (κ3) is 2.28. The Bertz CT molecular complexity index is 2280. The molecule has 0 fully saturated rings. The van der Waals surface area contributed by atoms with Gasteiger partial charge in [0.1, 0.15) is 0 Å². The van der Waals surface area contributed by atoms with Crippen molar-refractivity contribution >= 4 is 74.9 Å². The van der Waals surface area contributed by atoms with Gasteiger partial charge in [-0.3, -0.25) is 0 Å². The zero-order valence-corrected chi connectivity index (χ0v) is 18.8. The zero-order chi connectivity index (χ0) is 25.7. The molecule has 2 heteroatoms. The smallest absolute Gasteiger partial charge is 0.0638 e. The number of hydrogen-bond acceptors (Lipinski definition) is 1. The zero-order valence-electron chi connectivity index (χ0n) is 22.0. The van der Waals surface area contributed by atoms with E-state index in [1.807, 2.05) is 12.1 Å². The molecule has 6 aromatic carbocycles. The number of benzene rings is 6. The molecule has 0 saturated heterocycles. The molecule has 0 radical (unpaired) electrons. The minimum atomic E-state index is -0.189. The van der Waals surface area contributed by atoms with Gasteiger partial charge in [0.05, 0.1) is 16.5 Å². The second kappa shape index (κ2) is 6.69. The molecule has 0 aliphatic rings. The molecule has 0 N–H and O–H groups in total. The largest absolute Gasteiger partial charge is 0.309 e. The fourth-order valence-electron chi connectivity index (χ4n) is 5.55. The third-order valence-corrected chi connectivity index (χ3v) is 8.04. The molecule has 0 aliphatic carbocycles. The van der Waals surface area contributed by atoms with Crippen molar-refractivity contribution in [2.75, 3.05) is 0 Å². The van der Waals surface area contributed by atoms with E-state index in [-0.39, 0.29) is 24.2 Å². The average molecular weight is 454 g/mol. The van der Waals surface area contributed by atoms with Crippen LogP contribution in [0.2, 0.25) is 0 Å². The number of nitrogens with zero attached hydrogens (tertiary/aromatic N) is 1. The van der Waals surface area contributed by atoms with Gasteiger partial charge < -0.3 is 4.57 Å². The lowest BCUT2D eigenvalue weighted by Gasteiger charge is -2.12. The summed E-state index contributed by atoms with van der Waals surface area (Å²) in [7, 11) is 0. The molecule has 2 aromatic heterocycles. The summed E-state index contributed by atoms with van der Waals surface area (Å²) in [6.07, 6.45) is 0. The average Bonchev–Trinajstić information content (AvgIpc) is 3.52. The highest BCUT2D eigenvalue weighted by atomic mass is 32.1. The summed E-state index contributed by atoms with van der Waals surface area (Å²) in [5.41, 5.74) is 3.25. The Labute approximate surface area is 205 Å². The molecule has 0 spiro atoms. The Kier molecular flexibility index (Phi) is 2.93. The maximum Gasteiger partial charge on any atom is 0.0638 e. The van der Waals surface area contributed by atoms with Crippen molar-refractivity contribution in [3.05, 3.63) is 115 Å². The Morgan fingerprint density at radius 2 is 1.24 bits per heavy atom. The first-order valence-corrected chi connectivity index (χ1v) is 12.1. The van der Waals surface area contributed by atoms with E-state index in [1.54, 1.807) is 0 Å². The second-order valence-electron chi connectivity index (χ2n) is 8.63. The minimum Gasteiger partial charge on any atom is -0.309 e. The predicted octanol–water partition coefficient (Wildman–Crippen LogP) is 9.46. The van der Waals surface area contributed by atoms with Crippen LogP contribution in [0.15, 0.2) is 115 Å². The summed E-state index contributed by atoms with van der Waals surface area (Å²) in [5.74, 6) is 0. The van der Waals surface area contributed by atoms with Crippen LogP contribution < -0.4 is 0 Å². The van der Waals surface area contributed by atoms with Crippen LogP contribution in [-0.2, 0) is 0 Å². The highest BCUT2D eigenvalue weighted by Gasteiger charge is 2.21. The van der Waals surface area contributed by atoms with E-state index in [2.05, 4.69) is 83.4 Å². The first-order valence-electron chi connectivity index (χ1n) is 13.3. The Morgan fingerprint density at radius 1 is 0.559 bits per heavy atom. The van der Waals surface area contributed by atoms with Gasteiger partial charge in [0.15, 0.2) is 0 Å². The summed E-state index contributed by atoms with van der Waals surface area (Å²) in [4.78, 5) is 0. The van der Waals surface area contributed by atoms with E-state index in [1.165, 1.54) is 27.5 Å². The molecule has 0 unspecified atom stereocenters. The van der Waals surface area contributed by atoms with E-state index in [0.29, 0.717) is 10.1 Å². The summed E-state index contributed by atoms with van der Waals surface area (Å²) >= 11 is 1.47. The fraction of sp³-hybridized carbons (Fsp3) is 0. The summed E-state index contributed by atoms with van der Waals surface area (Å²) < 4.78 is 37.8. The number of fused-ring (bicyclic) bond motifs is 12. The Hall–Kier alpha value is -4.14. The molecule has 2 heterocycles. The van der Waals surface area contributed by atoms with Crippen LogP contribution in [-0.4, -0.2) is 4.57 Å². The second-order valence-corrected chi connectivity index (χ2v) is 9.65. The maximum atomic E-state index is 8.68. The Balaban J connectivity index is 1.74. The lowest BCUT2D eigenvalue weighted by atomic mass is 9.96. The van der Waals surface area contributed by atoms with Gasteiger partial charge in [-0.05, 0) is 40.4 Å². The van der Waals surface area contributed by atoms with E-state index < -0.39 is 0 Å². The lowest BCUT2D eigenvalue weighted by molar-refractivity contribution is 1.19. The molecular formula is C32H19NS. The van der Waals surface area contributed by atoms with Crippen molar-refractivity contribution in [2.24, 2.45) is 0 Å². The molecule has 0 saturated carbocycles. The number of aromatic nitrogens is 1. The standard InChI is InChI=1S/C32H19NS/c1-2-10-20(11-3-1)33-27-19-18-26-23-14-8-9-17-28(23)34-32(26)30(27)29-24-15-6-4-12-21(24)22-13-5-7-16-25(22)31(29)33/h1-19H/i8D,9D,14D,17D. The SMILES string of the molecule is [2H]c1c([2H])c([2H])c2c(sc3c2ccc2c3c3c4ccccc4c4ccccc4c3n2-c2ccccc2)c1[2H]. The van der Waals surface area contributed by atoms with Crippen molar-refractivity contribution in [2.45, 2.75) is 0 Å². The highest BCUT2D eigenvalue weighted by Crippen LogP contribution is 2.47. The van der Waals surface area contributed by atoms with Gasteiger partial charge in [-0.25, -0.2) is 0 Å². The molecule has 8 rings (SSSR count). The number of thiophene rings is 1. The summed E-state index contributed by atoms with van der Waals surface area (Å²) in [6, 6.07) is 31.3. The normalized spacial score (nSPS) is 13.8. The van der Waals surface area contributed by atoms with Crippen molar-refractivity contribution in [3.63, 3.8) is 0 Å². The van der Waals surface area contributed by atoms with Crippen LogP contribution >= 0.6 is 11.3 Å². The molecule has 8 aromatic rings. The molecule has 1 nitrogen and oxygen atoms in total. The highest BCUT2D eigenvalue weighted by molar-refractivity contribution is 7.26. The van der Waals surface area contributed by atoms with Gasteiger partial charge in [0, 0.05) is 42.0 Å². The molecular weight excluding hydrogens is 430 g/mol.